The second-order valence-electron chi connectivity index (χ2n) is 4.46. The Morgan fingerprint density at radius 2 is 1.50 bits per heavy atom. The Labute approximate surface area is 71.9 Å². The molecule has 0 unspecified atom stereocenters. The molecule has 3 nitrogen and oxygen atoms in total. The van der Waals surface area contributed by atoms with Gasteiger partial charge in [0, 0.05) is 0 Å². The maximum absolute atomic E-state index is 10.8. The van der Waals surface area contributed by atoms with Crippen LogP contribution in [0.5, 0.6) is 0 Å². The van der Waals surface area contributed by atoms with Crippen LogP contribution in [-0.4, -0.2) is 16.6 Å². The van der Waals surface area contributed by atoms with Gasteiger partial charge in [-0.1, -0.05) is 0 Å². The third-order valence-electron chi connectivity index (χ3n) is 3.59. The van der Waals surface area contributed by atoms with Gasteiger partial charge >= 0.3 is 5.97 Å². The lowest BCUT2D eigenvalue weighted by Crippen LogP contribution is -2.50. The van der Waals surface area contributed by atoms with Gasteiger partial charge in [-0.15, -0.1) is 0 Å². The maximum Gasteiger partial charge on any atom is 0.323 e. The molecule has 0 radical (unpaired) electrons. The van der Waals surface area contributed by atoms with Crippen molar-refractivity contribution in [3.8, 4) is 0 Å². The highest BCUT2D eigenvalue weighted by molar-refractivity contribution is 5.78. The zero-order valence-electron chi connectivity index (χ0n) is 7.18. The third-order valence-corrected chi connectivity index (χ3v) is 3.59. The molecule has 0 amide bonds. The molecule has 2 aliphatic carbocycles. The summed E-state index contributed by atoms with van der Waals surface area (Å²) in [6.45, 7) is 0. The normalized spacial score (nSPS) is 30.1. The number of carboxylic acids is 1. The largest absolute Gasteiger partial charge is 0.480 e. The van der Waals surface area contributed by atoms with Crippen molar-refractivity contribution < 1.29 is 9.90 Å². The van der Waals surface area contributed by atoms with Gasteiger partial charge in [0.2, 0.25) is 0 Å². The monoisotopic (exact) mass is 169 g/mol. The molecule has 12 heavy (non-hydrogen) atoms. The van der Waals surface area contributed by atoms with Gasteiger partial charge in [-0.25, -0.2) is 0 Å². The minimum atomic E-state index is -0.909. The second kappa shape index (κ2) is 2.22. The molecule has 2 fully saturated rings. The van der Waals surface area contributed by atoms with Crippen molar-refractivity contribution in [3.05, 3.63) is 0 Å². The molecule has 0 aromatic carbocycles. The molecular formula is C9H15NO2. The molecule has 0 heterocycles. The lowest BCUT2D eigenvalue weighted by Gasteiger charge is -2.33. The van der Waals surface area contributed by atoms with Crippen molar-refractivity contribution in [2.75, 3.05) is 0 Å². The SMILES string of the molecule is NC1(C(=O)O)CCC2(CC2)CC1. The van der Waals surface area contributed by atoms with Gasteiger partial charge in [0.15, 0.2) is 0 Å². The minimum absolute atomic E-state index is 0.526. The van der Waals surface area contributed by atoms with E-state index in [2.05, 4.69) is 0 Å². The molecule has 0 atom stereocenters. The summed E-state index contributed by atoms with van der Waals surface area (Å²) in [4.78, 5) is 10.8. The summed E-state index contributed by atoms with van der Waals surface area (Å²) in [5.74, 6) is -0.821. The molecular weight excluding hydrogens is 154 g/mol. The Morgan fingerprint density at radius 3 is 1.83 bits per heavy atom. The van der Waals surface area contributed by atoms with E-state index in [4.69, 9.17) is 10.8 Å². The summed E-state index contributed by atoms with van der Waals surface area (Å²) in [6, 6.07) is 0. The molecule has 0 saturated heterocycles. The van der Waals surface area contributed by atoms with Crippen molar-refractivity contribution >= 4 is 5.97 Å². The van der Waals surface area contributed by atoms with Gasteiger partial charge in [0.05, 0.1) is 0 Å². The Balaban J connectivity index is 2.01. The lowest BCUT2D eigenvalue weighted by atomic mass is 9.75. The van der Waals surface area contributed by atoms with Crippen molar-refractivity contribution in [2.45, 2.75) is 44.1 Å². The van der Waals surface area contributed by atoms with E-state index in [1.54, 1.807) is 0 Å². The highest BCUT2D eigenvalue weighted by Gasteiger charge is 2.50. The number of carbonyl (C=O) groups is 1. The Morgan fingerprint density at radius 1 is 1.08 bits per heavy atom. The van der Waals surface area contributed by atoms with Crippen LogP contribution in [0.15, 0.2) is 0 Å². The standard InChI is InChI=1S/C9H15NO2/c10-9(7(11)12)5-3-8(1-2-8)4-6-9/h1-6,10H2,(H,11,12). The van der Waals surface area contributed by atoms with Crippen LogP contribution in [0.4, 0.5) is 0 Å². The molecule has 2 aliphatic rings. The summed E-state index contributed by atoms with van der Waals surface area (Å²) >= 11 is 0. The molecule has 0 aromatic rings. The Kier molecular flexibility index (Phi) is 1.49. The Hall–Kier alpha value is -0.570. The fraction of sp³-hybridized carbons (Fsp3) is 0.889. The first-order valence-corrected chi connectivity index (χ1v) is 4.59. The van der Waals surface area contributed by atoms with Gasteiger partial charge in [-0.05, 0) is 43.9 Å². The summed E-state index contributed by atoms with van der Waals surface area (Å²) < 4.78 is 0. The van der Waals surface area contributed by atoms with Crippen molar-refractivity contribution in [3.63, 3.8) is 0 Å². The number of hydrogen-bond acceptors (Lipinski definition) is 2. The van der Waals surface area contributed by atoms with Crippen LogP contribution in [0.25, 0.3) is 0 Å². The van der Waals surface area contributed by atoms with Crippen LogP contribution < -0.4 is 5.73 Å². The molecule has 1 spiro atoms. The van der Waals surface area contributed by atoms with E-state index >= 15 is 0 Å². The van der Waals surface area contributed by atoms with E-state index < -0.39 is 11.5 Å². The zero-order chi connectivity index (χ0) is 8.82. The number of nitrogens with two attached hydrogens (primary N) is 1. The summed E-state index contributed by atoms with van der Waals surface area (Å²) in [6.07, 6.45) is 5.97. The first kappa shape index (κ1) is 8.05. The molecule has 2 saturated carbocycles. The van der Waals surface area contributed by atoms with Crippen LogP contribution in [-0.2, 0) is 4.79 Å². The van der Waals surface area contributed by atoms with Crippen LogP contribution in [0.3, 0.4) is 0 Å². The van der Waals surface area contributed by atoms with Crippen molar-refractivity contribution in [1.82, 2.24) is 0 Å². The van der Waals surface area contributed by atoms with Gasteiger partial charge < -0.3 is 10.8 Å². The average molecular weight is 169 g/mol. The van der Waals surface area contributed by atoms with E-state index in [9.17, 15) is 4.79 Å². The fourth-order valence-electron chi connectivity index (χ4n) is 2.12. The summed E-state index contributed by atoms with van der Waals surface area (Å²) in [7, 11) is 0. The predicted octanol–water partition coefficient (Wildman–Crippen LogP) is 1.12. The number of hydrogen-bond donors (Lipinski definition) is 2. The van der Waals surface area contributed by atoms with E-state index in [1.807, 2.05) is 0 Å². The van der Waals surface area contributed by atoms with E-state index in [1.165, 1.54) is 12.8 Å². The minimum Gasteiger partial charge on any atom is -0.480 e. The average Bonchev–Trinajstić information content (AvgIpc) is 2.77. The van der Waals surface area contributed by atoms with Crippen LogP contribution in [0.1, 0.15) is 38.5 Å². The van der Waals surface area contributed by atoms with E-state index in [-0.39, 0.29) is 0 Å². The van der Waals surface area contributed by atoms with E-state index in [0.717, 1.165) is 12.8 Å². The lowest BCUT2D eigenvalue weighted by molar-refractivity contribution is -0.145. The molecule has 68 valence electrons. The zero-order valence-corrected chi connectivity index (χ0v) is 7.18. The summed E-state index contributed by atoms with van der Waals surface area (Å²) in [5, 5.41) is 8.86. The topological polar surface area (TPSA) is 63.3 Å². The van der Waals surface area contributed by atoms with Crippen LogP contribution in [0.2, 0.25) is 0 Å². The summed E-state index contributed by atoms with van der Waals surface area (Å²) in [5.41, 5.74) is 5.37. The van der Waals surface area contributed by atoms with Crippen LogP contribution in [0, 0.1) is 5.41 Å². The van der Waals surface area contributed by atoms with Crippen LogP contribution >= 0.6 is 0 Å². The highest BCUT2D eigenvalue weighted by atomic mass is 16.4. The van der Waals surface area contributed by atoms with Crippen molar-refractivity contribution in [2.24, 2.45) is 11.1 Å². The van der Waals surface area contributed by atoms with Gasteiger partial charge in [-0.3, -0.25) is 4.79 Å². The molecule has 0 aliphatic heterocycles. The van der Waals surface area contributed by atoms with Gasteiger partial charge in [0.25, 0.3) is 0 Å². The highest BCUT2D eigenvalue weighted by Crippen LogP contribution is 2.57. The fourth-order valence-corrected chi connectivity index (χ4v) is 2.12. The quantitative estimate of drug-likeness (QED) is 0.618. The number of carboxylic acid groups (broad SMARTS) is 1. The van der Waals surface area contributed by atoms with Crippen molar-refractivity contribution in [1.29, 1.82) is 0 Å². The molecule has 2 rings (SSSR count). The second-order valence-corrected chi connectivity index (χ2v) is 4.46. The molecule has 0 aromatic heterocycles. The van der Waals surface area contributed by atoms with Gasteiger partial charge in [0.1, 0.15) is 5.54 Å². The van der Waals surface area contributed by atoms with Gasteiger partial charge in [-0.2, -0.15) is 0 Å². The number of rotatable bonds is 1. The number of aliphatic carboxylic acids is 1. The third kappa shape index (κ3) is 1.12. The smallest absolute Gasteiger partial charge is 0.323 e. The predicted molar refractivity (Wildman–Crippen MR) is 44.7 cm³/mol. The van der Waals surface area contributed by atoms with E-state index in [0.29, 0.717) is 18.3 Å². The first-order chi connectivity index (χ1) is 5.56. The first-order valence-electron chi connectivity index (χ1n) is 4.59. The molecule has 3 N–H and O–H groups in total. The Bertz CT molecular complexity index is 211. The maximum atomic E-state index is 10.8. The molecule has 3 heteroatoms. The molecule has 0 bridgehead atoms.